The Bertz CT molecular complexity index is 814. The summed E-state index contributed by atoms with van der Waals surface area (Å²) in [6.45, 7) is 2.17. The van der Waals surface area contributed by atoms with Crippen molar-refractivity contribution in [2.45, 2.75) is 13.3 Å². The van der Waals surface area contributed by atoms with Crippen molar-refractivity contribution >= 4 is 17.3 Å². The lowest BCUT2D eigenvalue weighted by molar-refractivity contribution is -0.385. The van der Waals surface area contributed by atoms with E-state index < -0.39 is 4.92 Å². The van der Waals surface area contributed by atoms with Gasteiger partial charge in [0, 0.05) is 31.6 Å². The van der Waals surface area contributed by atoms with Gasteiger partial charge in [-0.3, -0.25) is 19.9 Å². The molecule has 25 heavy (non-hydrogen) atoms. The lowest BCUT2D eigenvalue weighted by Crippen LogP contribution is -2.19. The molecule has 1 amide bonds. The first-order valence-electron chi connectivity index (χ1n) is 7.53. The molecule has 0 aliphatic carbocycles. The summed E-state index contributed by atoms with van der Waals surface area (Å²) < 4.78 is 6.28. The normalized spacial score (nSPS) is 11.2. The minimum absolute atomic E-state index is 0.105. The number of benzene rings is 1. The second-order valence-corrected chi connectivity index (χ2v) is 5.13. The fraction of sp³-hybridized carbons (Fsp3) is 0.250. The van der Waals surface area contributed by atoms with Gasteiger partial charge in [0.25, 0.3) is 5.69 Å². The topological polar surface area (TPSA) is 119 Å². The highest BCUT2D eigenvalue weighted by molar-refractivity contribution is 5.88. The maximum Gasteiger partial charge on any atom is 0.274 e. The van der Waals surface area contributed by atoms with Gasteiger partial charge in [-0.05, 0) is 24.3 Å². The Morgan fingerprint density at radius 3 is 2.72 bits per heavy atom. The van der Waals surface area contributed by atoms with Gasteiger partial charge >= 0.3 is 0 Å². The zero-order valence-electron chi connectivity index (χ0n) is 13.6. The van der Waals surface area contributed by atoms with Crippen molar-refractivity contribution < 1.29 is 19.7 Å². The first kappa shape index (κ1) is 18.0. The van der Waals surface area contributed by atoms with Crippen LogP contribution in [-0.2, 0) is 4.79 Å². The molecule has 0 spiro atoms. The fourth-order valence-electron chi connectivity index (χ4n) is 1.99. The zero-order chi connectivity index (χ0) is 18.2. The van der Waals surface area contributed by atoms with Crippen molar-refractivity contribution in [2.75, 3.05) is 18.5 Å². The van der Waals surface area contributed by atoms with Gasteiger partial charge in [0.2, 0.25) is 5.91 Å². The molecule has 132 valence electrons. The Labute approximate surface area is 143 Å². The monoisotopic (exact) mass is 346 g/mol. The van der Waals surface area contributed by atoms with Gasteiger partial charge in [-0.2, -0.15) is 4.73 Å². The molecular weight excluding hydrogens is 328 g/mol. The van der Waals surface area contributed by atoms with Crippen LogP contribution >= 0.6 is 0 Å². The SMILES string of the molecule is CC(=O)Nc1ccc(OCCCN=c2cc([N+](=O)[O-])ccn2O)cc1. The van der Waals surface area contributed by atoms with Crippen molar-refractivity contribution in [3.63, 3.8) is 0 Å². The second-order valence-electron chi connectivity index (χ2n) is 5.13. The summed E-state index contributed by atoms with van der Waals surface area (Å²) in [5, 5.41) is 23.0. The molecule has 2 N–H and O–H groups in total. The molecule has 1 aromatic heterocycles. The van der Waals surface area contributed by atoms with Crippen molar-refractivity contribution in [2.24, 2.45) is 4.99 Å². The van der Waals surface area contributed by atoms with Crippen LogP contribution in [0.4, 0.5) is 11.4 Å². The van der Waals surface area contributed by atoms with Gasteiger partial charge in [-0.15, -0.1) is 0 Å². The molecule has 0 saturated heterocycles. The summed E-state index contributed by atoms with van der Waals surface area (Å²) in [7, 11) is 0. The highest BCUT2D eigenvalue weighted by Gasteiger charge is 2.05. The smallest absolute Gasteiger partial charge is 0.274 e. The molecule has 0 unspecified atom stereocenters. The number of pyridine rings is 1. The molecule has 0 radical (unpaired) electrons. The van der Waals surface area contributed by atoms with Crippen LogP contribution in [0.15, 0.2) is 47.6 Å². The van der Waals surface area contributed by atoms with Crippen LogP contribution in [0.2, 0.25) is 0 Å². The van der Waals surface area contributed by atoms with Crippen molar-refractivity contribution in [3.8, 4) is 5.75 Å². The summed E-state index contributed by atoms with van der Waals surface area (Å²) in [6.07, 6.45) is 1.74. The molecule has 0 atom stereocenters. The highest BCUT2D eigenvalue weighted by atomic mass is 16.6. The van der Waals surface area contributed by atoms with Crippen LogP contribution in [-0.4, -0.2) is 33.9 Å². The molecule has 1 heterocycles. The number of nitro groups is 1. The highest BCUT2D eigenvalue weighted by Crippen LogP contribution is 2.15. The van der Waals surface area contributed by atoms with E-state index in [0.717, 1.165) is 4.73 Å². The van der Waals surface area contributed by atoms with E-state index in [1.165, 1.54) is 25.3 Å². The number of aromatic nitrogens is 1. The van der Waals surface area contributed by atoms with Gasteiger partial charge < -0.3 is 15.3 Å². The minimum Gasteiger partial charge on any atom is -0.494 e. The minimum atomic E-state index is -0.549. The average Bonchev–Trinajstić information content (AvgIpc) is 2.57. The van der Waals surface area contributed by atoms with E-state index in [4.69, 9.17) is 4.74 Å². The van der Waals surface area contributed by atoms with Crippen molar-refractivity contribution in [3.05, 3.63) is 58.2 Å². The van der Waals surface area contributed by atoms with E-state index in [1.807, 2.05) is 0 Å². The van der Waals surface area contributed by atoms with Gasteiger partial charge in [-0.1, -0.05) is 0 Å². The molecular formula is C16H18N4O5. The third kappa shape index (κ3) is 5.65. The molecule has 1 aromatic carbocycles. The second kappa shape index (κ2) is 8.48. The number of nitrogens with one attached hydrogen (secondary N) is 1. The van der Waals surface area contributed by atoms with Crippen LogP contribution in [0.1, 0.15) is 13.3 Å². The molecule has 9 nitrogen and oxygen atoms in total. The molecule has 0 saturated carbocycles. The van der Waals surface area contributed by atoms with E-state index >= 15 is 0 Å². The third-order valence-corrected chi connectivity index (χ3v) is 3.13. The predicted molar refractivity (Wildman–Crippen MR) is 89.6 cm³/mol. The zero-order valence-corrected chi connectivity index (χ0v) is 13.6. The average molecular weight is 346 g/mol. The Morgan fingerprint density at radius 2 is 2.08 bits per heavy atom. The molecule has 2 aromatic rings. The largest absolute Gasteiger partial charge is 0.494 e. The molecule has 0 bridgehead atoms. The van der Waals surface area contributed by atoms with Gasteiger partial charge in [0.05, 0.1) is 23.8 Å². The van der Waals surface area contributed by atoms with Crippen LogP contribution in [0.25, 0.3) is 0 Å². The lowest BCUT2D eigenvalue weighted by atomic mass is 10.3. The van der Waals surface area contributed by atoms with E-state index in [1.54, 1.807) is 24.3 Å². The van der Waals surface area contributed by atoms with Crippen LogP contribution < -0.4 is 15.5 Å². The number of hydrogen-bond donors (Lipinski definition) is 2. The number of nitrogens with zero attached hydrogens (tertiary/aromatic N) is 3. The maximum absolute atomic E-state index is 10.9. The Hall–Kier alpha value is -3.36. The summed E-state index contributed by atoms with van der Waals surface area (Å²) in [5.41, 5.74) is 0.654. The molecule has 9 heteroatoms. The molecule has 0 aliphatic rings. The van der Waals surface area contributed by atoms with Crippen LogP contribution in [0.5, 0.6) is 5.75 Å². The number of hydrogen-bond acceptors (Lipinski definition) is 6. The standard InChI is InChI=1S/C16H18N4O5/c1-12(21)18-13-3-5-15(6-4-13)25-10-2-8-17-16-11-14(20(23)24)7-9-19(16)22/h3-7,9,11,22H,2,8,10H2,1H3,(H,18,21). The number of rotatable bonds is 7. The predicted octanol–water partition coefficient (Wildman–Crippen LogP) is 1.96. The Kier molecular flexibility index (Phi) is 6.10. The summed E-state index contributed by atoms with van der Waals surface area (Å²) in [6, 6.07) is 9.33. The summed E-state index contributed by atoms with van der Waals surface area (Å²) in [5.74, 6) is 0.513. The van der Waals surface area contributed by atoms with Gasteiger partial charge in [0.15, 0.2) is 5.49 Å². The van der Waals surface area contributed by atoms with Gasteiger partial charge in [-0.25, -0.2) is 0 Å². The quantitative estimate of drug-likeness (QED) is 0.344. The number of anilines is 1. The first-order chi connectivity index (χ1) is 12.0. The van der Waals surface area contributed by atoms with Crippen LogP contribution in [0, 0.1) is 10.1 Å². The number of carbonyl (C=O) groups is 1. The summed E-state index contributed by atoms with van der Waals surface area (Å²) in [4.78, 5) is 25.2. The van der Waals surface area contributed by atoms with E-state index in [-0.39, 0.29) is 17.1 Å². The van der Waals surface area contributed by atoms with Crippen molar-refractivity contribution in [1.82, 2.24) is 4.73 Å². The summed E-state index contributed by atoms with van der Waals surface area (Å²) >= 11 is 0. The Balaban J connectivity index is 1.84. The molecule has 2 rings (SSSR count). The van der Waals surface area contributed by atoms with Crippen molar-refractivity contribution in [1.29, 1.82) is 0 Å². The Morgan fingerprint density at radius 1 is 1.36 bits per heavy atom. The number of ether oxygens (including phenoxy) is 1. The third-order valence-electron chi connectivity index (χ3n) is 3.13. The van der Waals surface area contributed by atoms with E-state index in [2.05, 4.69) is 10.3 Å². The lowest BCUT2D eigenvalue weighted by Gasteiger charge is -2.06. The van der Waals surface area contributed by atoms with Gasteiger partial charge in [0.1, 0.15) is 5.75 Å². The van der Waals surface area contributed by atoms with E-state index in [9.17, 15) is 20.1 Å². The fourth-order valence-corrected chi connectivity index (χ4v) is 1.99. The molecule has 0 aliphatic heterocycles. The number of carbonyl (C=O) groups excluding carboxylic acids is 1. The van der Waals surface area contributed by atoms with E-state index in [0.29, 0.717) is 31.0 Å². The molecule has 0 fully saturated rings. The van der Waals surface area contributed by atoms with Crippen LogP contribution in [0.3, 0.4) is 0 Å². The maximum atomic E-state index is 10.9. The first-order valence-corrected chi connectivity index (χ1v) is 7.53. The number of amides is 1.